The molecule has 0 fully saturated rings. The third-order valence-electron chi connectivity index (χ3n) is 3.55. The Morgan fingerprint density at radius 2 is 1.91 bits per heavy atom. The van der Waals surface area contributed by atoms with E-state index in [2.05, 4.69) is 16.7 Å². The molecule has 0 aromatic heterocycles. The normalized spacial score (nSPS) is 13.0. The summed E-state index contributed by atoms with van der Waals surface area (Å²) in [5, 5.41) is 15.7. The van der Waals surface area contributed by atoms with E-state index in [9.17, 15) is 4.79 Å². The largest absolute Gasteiger partial charge is 0.324 e. The van der Waals surface area contributed by atoms with Crippen molar-refractivity contribution in [1.82, 2.24) is 5.32 Å². The molecule has 0 aliphatic carbocycles. The zero-order valence-electron chi connectivity index (χ0n) is 13.0. The molecule has 2 aromatic rings. The van der Waals surface area contributed by atoms with Gasteiger partial charge in [-0.1, -0.05) is 35.9 Å². The van der Waals surface area contributed by atoms with Crippen LogP contribution in [0.4, 0.5) is 5.69 Å². The van der Waals surface area contributed by atoms with Gasteiger partial charge in [-0.25, -0.2) is 0 Å². The van der Waals surface area contributed by atoms with Gasteiger partial charge in [0.25, 0.3) is 0 Å². The van der Waals surface area contributed by atoms with Gasteiger partial charge in [0.05, 0.1) is 17.3 Å². The summed E-state index contributed by atoms with van der Waals surface area (Å²) in [6.45, 7) is 3.75. The van der Waals surface area contributed by atoms with E-state index in [1.165, 1.54) is 0 Å². The van der Waals surface area contributed by atoms with Gasteiger partial charge in [-0.05, 0) is 43.7 Å². The Kier molecular flexibility index (Phi) is 5.75. The average Bonchev–Trinajstić information content (AvgIpc) is 2.55. The van der Waals surface area contributed by atoms with Crippen LogP contribution in [0.15, 0.2) is 48.5 Å². The molecule has 0 heterocycles. The van der Waals surface area contributed by atoms with Crippen LogP contribution in [0.3, 0.4) is 0 Å². The molecular weight excluding hydrogens is 310 g/mol. The van der Waals surface area contributed by atoms with Gasteiger partial charge in [0.1, 0.15) is 6.07 Å². The van der Waals surface area contributed by atoms with Gasteiger partial charge in [-0.2, -0.15) is 5.26 Å². The lowest BCUT2D eigenvalue weighted by atomic mass is 10.1. The minimum absolute atomic E-state index is 0.0272. The van der Waals surface area contributed by atoms with E-state index in [0.717, 1.165) is 5.56 Å². The zero-order chi connectivity index (χ0) is 16.8. The van der Waals surface area contributed by atoms with E-state index in [4.69, 9.17) is 16.9 Å². The highest BCUT2D eigenvalue weighted by atomic mass is 35.5. The Hall–Kier alpha value is -2.35. The number of amides is 1. The fourth-order valence-electron chi connectivity index (χ4n) is 2.25. The number of hydrogen-bond donors (Lipinski definition) is 2. The lowest BCUT2D eigenvalue weighted by molar-refractivity contribution is -0.117. The topological polar surface area (TPSA) is 64.9 Å². The van der Waals surface area contributed by atoms with Crippen molar-refractivity contribution in [3.8, 4) is 6.07 Å². The highest BCUT2D eigenvalue weighted by Crippen LogP contribution is 2.18. The van der Waals surface area contributed by atoms with Crippen LogP contribution in [0.5, 0.6) is 0 Å². The molecule has 0 saturated heterocycles. The first-order valence-electron chi connectivity index (χ1n) is 7.32. The van der Waals surface area contributed by atoms with Crippen molar-refractivity contribution in [2.24, 2.45) is 0 Å². The molecule has 0 aliphatic heterocycles. The maximum absolute atomic E-state index is 12.3. The van der Waals surface area contributed by atoms with Gasteiger partial charge in [0.2, 0.25) is 5.91 Å². The summed E-state index contributed by atoms with van der Waals surface area (Å²) < 4.78 is 0. The van der Waals surface area contributed by atoms with Gasteiger partial charge in [-0.3, -0.25) is 10.1 Å². The second kappa shape index (κ2) is 7.77. The zero-order valence-corrected chi connectivity index (χ0v) is 13.8. The molecular formula is C18H18ClN3O. The number of nitriles is 1. The van der Waals surface area contributed by atoms with E-state index in [1.807, 2.05) is 31.2 Å². The molecule has 2 atom stereocenters. The number of carbonyl (C=O) groups excluding carboxylic acids is 1. The summed E-state index contributed by atoms with van der Waals surface area (Å²) in [6.07, 6.45) is 0. The van der Waals surface area contributed by atoms with Crippen LogP contribution in [-0.2, 0) is 4.79 Å². The lowest BCUT2D eigenvalue weighted by Crippen LogP contribution is -2.39. The Labute approximate surface area is 141 Å². The van der Waals surface area contributed by atoms with Crippen LogP contribution in [0.1, 0.15) is 31.0 Å². The second-order valence-corrected chi connectivity index (χ2v) is 5.75. The fraction of sp³-hybridized carbons (Fsp3) is 0.222. The molecule has 0 bridgehead atoms. The molecule has 118 valence electrons. The number of para-hydroxylation sites is 1. The number of halogens is 1. The first-order valence-corrected chi connectivity index (χ1v) is 7.70. The Morgan fingerprint density at radius 1 is 1.17 bits per heavy atom. The van der Waals surface area contributed by atoms with Crippen molar-refractivity contribution in [3.63, 3.8) is 0 Å². The number of benzene rings is 2. The van der Waals surface area contributed by atoms with E-state index >= 15 is 0 Å². The van der Waals surface area contributed by atoms with Crippen LogP contribution in [0.2, 0.25) is 5.02 Å². The van der Waals surface area contributed by atoms with Gasteiger partial charge in [0.15, 0.2) is 0 Å². The van der Waals surface area contributed by atoms with Gasteiger partial charge < -0.3 is 5.32 Å². The maximum atomic E-state index is 12.3. The Bertz CT molecular complexity index is 739. The fourth-order valence-corrected chi connectivity index (χ4v) is 2.45. The Balaban J connectivity index is 2.01. The average molecular weight is 328 g/mol. The molecule has 0 unspecified atom stereocenters. The maximum Gasteiger partial charge on any atom is 0.241 e. The summed E-state index contributed by atoms with van der Waals surface area (Å²) >= 11 is 5.99. The number of carbonyl (C=O) groups is 1. The van der Waals surface area contributed by atoms with E-state index < -0.39 is 6.04 Å². The highest BCUT2D eigenvalue weighted by Gasteiger charge is 2.17. The molecule has 0 spiro atoms. The molecule has 2 N–H and O–H groups in total. The van der Waals surface area contributed by atoms with Crippen LogP contribution in [-0.4, -0.2) is 11.9 Å². The minimum Gasteiger partial charge on any atom is -0.324 e. The van der Waals surface area contributed by atoms with Gasteiger partial charge in [-0.15, -0.1) is 0 Å². The SMILES string of the molecule is C[C@H](N[C@@H](C)c1cccc(Cl)c1)C(=O)Nc1ccccc1C#N. The third-order valence-corrected chi connectivity index (χ3v) is 3.78. The lowest BCUT2D eigenvalue weighted by Gasteiger charge is -2.20. The molecule has 0 saturated carbocycles. The van der Waals surface area contributed by atoms with E-state index in [1.54, 1.807) is 31.2 Å². The summed E-state index contributed by atoms with van der Waals surface area (Å²) in [4.78, 5) is 12.3. The molecule has 0 aliphatic rings. The smallest absolute Gasteiger partial charge is 0.241 e. The van der Waals surface area contributed by atoms with Crippen molar-refractivity contribution in [1.29, 1.82) is 5.26 Å². The van der Waals surface area contributed by atoms with Crippen molar-refractivity contribution in [3.05, 3.63) is 64.7 Å². The van der Waals surface area contributed by atoms with Gasteiger partial charge >= 0.3 is 0 Å². The number of anilines is 1. The van der Waals surface area contributed by atoms with Crippen molar-refractivity contribution in [2.75, 3.05) is 5.32 Å². The monoisotopic (exact) mass is 327 g/mol. The summed E-state index contributed by atoms with van der Waals surface area (Å²) in [5.74, 6) is -0.193. The molecule has 2 rings (SSSR count). The summed E-state index contributed by atoms with van der Waals surface area (Å²) in [6, 6.07) is 16.1. The molecule has 0 radical (unpaired) electrons. The standard InChI is InChI=1S/C18H18ClN3O/c1-12(14-7-5-8-16(19)10-14)21-13(2)18(23)22-17-9-4-3-6-15(17)11-20/h3-10,12-13,21H,1-2H3,(H,22,23)/t12-,13-/m0/s1. The minimum atomic E-state index is -0.421. The number of hydrogen-bond acceptors (Lipinski definition) is 3. The molecule has 1 amide bonds. The van der Waals surface area contributed by atoms with E-state index in [0.29, 0.717) is 16.3 Å². The highest BCUT2D eigenvalue weighted by molar-refractivity contribution is 6.30. The van der Waals surface area contributed by atoms with Gasteiger partial charge in [0, 0.05) is 11.1 Å². The quantitative estimate of drug-likeness (QED) is 0.875. The number of nitrogens with zero attached hydrogens (tertiary/aromatic N) is 1. The predicted molar refractivity (Wildman–Crippen MR) is 92.3 cm³/mol. The van der Waals surface area contributed by atoms with Crippen molar-refractivity contribution >= 4 is 23.2 Å². The van der Waals surface area contributed by atoms with Crippen molar-refractivity contribution < 1.29 is 4.79 Å². The third kappa shape index (κ3) is 4.56. The van der Waals surface area contributed by atoms with Crippen molar-refractivity contribution in [2.45, 2.75) is 25.9 Å². The molecule has 4 nitrogen and oxygen atoms in total. The Morgan fingerprint density at radius 3 is 2.61 bits per heavy atom. The van der Waals surface area contributed by atoms with Crippen LogP contribution in [0.25, 0.3) is 0 Å². The number of nitrogens with one attached hydrogen (secondary N) is 2. The van der Waals surface area contributed by atoms with Crippen LogP contribution < -0.4 is 10.6 Å². The molecule has 5 heteroatoms. The molecule has 23 heavy (non-hydrogen) atoms. The summed E-state index contributed by atoms with van der Waals surface area (Å²) in [7, 11) is 0. The first-order chi connectivity index (χ1) is 11.0. The number of rotatable bonds is 5. The second-order valence-electron chi connectivity index (χ2n) is 5.31. The molecule has 2 aromatic carbocycles. The van der Waals surface area contributed by atoms with Crippen LogP contribution in [0, 0.1) is 11.3 Å². The first kappa shape index (κ1) is 17.0. The van der Waals surface area contributed by atoms with E-state index in [-0.39, 0.29) is 11.9 Å². The predicted octanol–water partition coefficient (Wildman–Crippen LogP) is 3.89. The van der Waals surface area contributed by atoms with Crippen LogP contribution >= 0.6 is 11.6 Å². The summed E-state index contributed by atoms with van der Waals surface area (Å²) in [5.41, 5.74) is 1.97.